The molecule has 0 saturated heterocycles. The van der Waals surface area contributed by atoms with Crippen molar-refractivity contribution in [2.24, 2.45) is 5.92 Å². The molecule has 7 heteroatoms. The van der Waals surface area contributed by atoms with Crippen LogP contribution in [0, 0.1) is 12.8 Å². The van der Waals surface area contributed by atoms with Gasteiger partial charge in [-0.05, 0) is 62.4 Å². The van der Waals surface area contributed by atoms with Gasteiger partial charge in [0.05, 0.1) is 18.2 Å². The van der Waals surface area contributed by atoms with E-state index in [1.54, 1.807) is 12.3 Å². The Balaban J connectivity index is 1.45. The second kappa shape index (κ2) is 7.80. The summed E-state index contributed by atoms with van der Waals surface area (Å²) >= 11 is 0. The zero-order valence-electron chi connectivity index (χ0n) is 16.0. The number of pyridine rings is 1. The van der Waals surface area contributed by atoms with Crippen molar-refractivity contribution < 1.29 is 9.53 Å². The average Bonchev–Trinajstić information content (AvgIpc) is 3.39. The average molecular weight is 377 g/mol. The fourth-order valence-electron chi connectivity index (χ4n) is 2.86. The van der Waals surface area contributed by atoms with Gasteiger partial charge in [-0.25, -0.2) is 4.98 Å². The Hall–Kier alpha value is -3.22. The highest BCUT2D eigenvalue weighted by Gasteiger charge is 2.23. The fraction of sp³-hybridized carbons (Fsp3) is 0.333. The molecule has 28 heavy (non-hydrogen) atoms. The Morgan fingerprint density at radius 2 is 2.14 bits per heavy atom. The minimum absolute atomic E-state index is 0.203. The molecule has 0 radical (unpaired) electrons. The number of H-pyrrole nitrogens is 1. The molecule has 2 N–H and O–H groups in total. The van der Waals surface area contributed by atoms with E-state index in [1.165, 1.54) is 12.8 Å². The first kappa shape index (κ1) is 18.2. The SMILES string of the molecule is Cc1ccnc(-c2n[nH]c(C(C)NC(=O)c3ccccc3OCC3CC3)n2)c1. The van der Waals surface area contributed by atoms with Crippen molar-refractivity contribution in [1.29, 1.82) is 0 Å². The van der Waals surface area contributed by atoms with Gasteiger partial charge in [-0.3, -0.25) is 14.9 Å². The van der Waals surface area contributed by atoms with Crippen molar-refractivity contribution in [2.45, 2.75) is 32.7 Å². The molecule has 1 aliphatic carbocycles. The molecular weight excluding hydrogens is 354 g/mol. The first-order valence-corrected chi connectivity index (χ1v) is 9.48. The molecule has 1 aliphatic rings. The molecule has 0 bridgehead atoms. The van der Waals surface area contributed by atoms with Crippen LogP contribution >= 0.6 is 0 Å². The van der Waals surface area contributed by atoms with Crippen molar-refractivity contribution in [2.75, 3.05) is 6.61 Å². The maximum Gasteiger partial charge on any atom is 0.255 e. The molecule has 1 saturated carbocycles. The second-order valence-corrected chi connectivity index (χ2v) is 7.21. The van der Waals surface area contributed by atoms with E-state index in [0.29, 0.717) is 41.2 Å². The van der Waals surface area contributed by atoms with E-state index >= 15 is 0 Å². The Morgan fingerprint density at radius 1 is 1.32 bits per heavy atom. The van der Waals surface area contributed by atoms with Crippen LogP contribution in [0.2, 0.25) is 0 Å². The Labute approximate surface area is 163 Å². The number of aromatic amines is 1. The second-order valence-electron chi connectivity index (χ2n) is 7.21. The number of hydrogen-bond donors (Lipinski definition) is 2. The molecule has 2 aromatic heterocycles. The molecule has 0 aliphatic heterocycles. The number of aromatic nitrogens is 4. The Bertz CT molecular complexity index is 980. The van der Waals surface area contributed by atoms with Crippen molar-refractivity contribution in [3.05, 3.63) is 59.5 Å². The molecule has 0 spiro atoms. The van der Waals surface area contributed by atoms with Crippen LogP contribution in [0.15, 0.2) is 42.6 Å². The van der Waals surface area contributed by atoms with Gasteiger partial charge in [-0.2, -0.15) is 5.10 Å². The number of hydrogen-bond acceptors (Lipinski definition) is 5. The van der Waals surface area contributed by atoms with Crippen LogP contribution in [-0.2, 0) is 0 Å². The molecular formula is C21H23N5O2. The largest absolute Gasteiger partial charge is 0.492 e. The van der Waals surface area contributed by atoms with Crippen LogP contribution in [0.5, 0.6) is 5.75 Å². The van der Waals surface area contributed by atoms with E-state index in [9.17, 15) is 4.79 Å². The van der Waals surface area contributed by atoms with E-state index in [4.69, 9.17) is 4.74 Å². The summed E-state index contributed by atoms with van der Waals surface area (Å²) in [6, 6.07) is 10.8. The minimum Gasteiger partial charge on any atom is -0.492 e. The molecule has 1 unspecified atom stereocenters. The first-order valence-electron chi connectivity index (χ1n) is 9.48. The van der Waals surface area contributed by atoms with Gasteiger partial charge in [-0.15, -0.1) is 0 Å². The van der Waals surface area contributed by atoms with Crippen LogP contribution < -0.4 is 10.1 Å². The van der Waals surface area contributed by atoms with Crippen LogP contribution in [0.25, 0.3) is 11.5 Å². The van der Waals surface area contributed by atoms with Gasteiger partial charge in [0.1, 0.15) is 17.3 Å². The zero-order chi connectivity index (χ0) is 19.5. The molecule has 1 atom stereocenters. The number of nitrogens with one attached hydrogen (secondary N) is 2. The monoisotopic (exact) mass is 377 g/mol. The maximum absolute atomic E-state index is 12.8. The third-order valence-electron chi connectivity index (χ3n) is 4.71. The predicted octanol–water partition coefficient (Wildman–Crippen LogP) is 3.45. The standard InChI is InChI=1S/C21H23N5O2/c1-13-9-10-22-17(11-13)20-24-19(25-26-20)14(2)23-21(27)16-5-3-4-6-18(16)28-12-15-7-8-15/h3-6,9-11,14-15H,7-8,12H2,1-2H3,(H,23,27)(H,24,25,26). The lowest BCUT2D eigenvalue weighted by atomic mass is 10.1. The predicted molar refractivity (Wildman–Crippen MR) is 105 cm³/mol. The summed E-state index contributed by atoms with van der Waals surface area (Å²) in [4.78, 5) is 21.5. The minimum atomic E-state index is -0.338. The molecule has 1 amide bonds. The van der Waals surface area contributed by atoms with E-state index in [1.807, 2.05) is 44.2 Å². The van der Waals surface area contributed by atoms with Crippen LogP contribution in [0.4, 0.5) is 0 Å². The number of carbonyl (C=O) groups is 1. The third-order valence-corrected chi connectivity index (χ3v) is 4.71. The number of para-hydroxylation sites is 1. The Morgan fingerprint density at radius 3 is 2.93 bits per heavy atom. The summed E-state index contributed by atoms with van der Waals surface area (Å²) in [5.74, 6) is 2.11. The topological polar surface area (TPSA) is 92.8 Å². The fourth-order valence-corrected chi connectivity index (χ4v) is 2.86. The molecule has 3 aromatic rings. The molecule has 4 rings (SSSR count). The lowest BCUT2D eigenvalue weighted by Crippen LogP contribution is -2.28. The van der Waals surface area contributed by atoms with Crippen molar-refractivity contribution in [3.8, 4) is 17.3 Å². The van der Waals surface area contributed by atoms with Gasteiger partial charge in [0, 0.05) is 6.20 Å². The summed E-state index contributed by atoms with van der Waals surface area (Å²) < 4.78 is 5.84. The lowest BCUT2D eigenvalue weighted by molar-refractivity contribution is 0.0934. The highest BCUT2D eigenvalue weighted by molar-refractivity contribution is 5.97. The van der Waals surface area contributed by atoms with Gasteiger partial charge in [0.15, 0.2) is 5.82 Å². The molecule has 1 fully saturated rings. The van der Waals surface area contributed by atoms with E-state index < -0.39 is 0 Å². The van der Waals surface area contributed by atoms with Crippen molar-refractivity contribution in [1.82, 2.24) is 25.5 Å². The maximum atomic E-state index is 12.8. The van der Waals surface area contributed by atoms with Crippen LogP contribution in [0.1, 0.15) is 47.6 Å². The van der Waals surface area contributed by atoms with Gasteiger partial charge in [0.2, 0.25) is 0 Å². The number of rotatable bonds is 7. The number of carbonyl (C=O) groups excluding carboxylic acids is 1. The first-order chi connectivity index (χ1) is 13.6. The van der Waals surface area contributed by atoms with Gasteiger partial charge in [0.25, 0.3) is 5.91 Å². The summed E-state index contributed by atoms with van der Waals surface area (Å²) in [7, 11) is 0. The molecule has 2 heterocycles. The summed E-state index contributed by atoms with van der Waals surface area (Å²) in [6.45, 7) is 4.51. The molecule has 144 valence electrons. The molecule has 1 aromatic carbocycles. The lowest BCUT2D eigenvalue weighted by Gasteiger charge is -2.14. The van der Waals surface area contributed by atoms with Crippen molar-refractivity contribution in [3.63, 3.8) is 0 Å². The van der Waals surface area contributed by atoms with Crippen LogP contribution in [0.3, 0.4) is 0 Å². The van der Waals surface area contributed by atoms with Gasteiger partial charge >= 0.3 is 0 Å². The highest BCUT2D eigenvalue weighted by Crippen LogP contribution is 2.30. The molecule has 7 nitrogen and oxygen atoms in total. The van der Waals surface area contributed by atoms with Gasteiger partial charge in [-0.1, -0.05) is 12.1 Å². The summed E-state index contributed by atoms with van der Waals surface area (Å²) in [5, 5.41) is 10.1. The normalized spacial score (nSPS) is 14.5. The zero-order valence-corrected chi connectivity index (χ0v) is 16.0. The number of aryl methyl sites for hydroxylation is 1. The summed E-state index contributed by atoms with van der Waals surface area (Å²) in [5.41, 5.74) is 2.30. The van der Waals surface area contributed by atoms with Crippen molar-refractivity contribution >= 4 is 5.91 Å². The van der Waals surface area contributed by atoms with Gasteiger partial charge < -0.3 is 10.1 Å². The number of amides is 1. The third kappa shape index (κ3) is 4.19. The van der Waals surface area contributed by atoms with E-state index in [0.717, 1.165) is 5.56 Å². The smallest absolute Gasteiger partial charge is 0.255 e. The Kier molecular flexibility index (Phi) is 5.06. The number of ether oxygens (including phenoxy) is 1. The highest BCUT2D eigenvalue weighted by atomic mass is 16.5. The number of benzene rings is 1. The van der Waals surface area contributed by atoms with Crippen LogP contribution in [-0.4, -0.2) is 32.7 Å². The summed E-state index contributed by atoms with van der Waals surface area (Å²) in [6.07, 6.45) is 4.13. The quantitative estimate of drug-likeness (QED) is 0.658. The van der Waals surface area contributed by atoms with E-state index in [-0.39, 0.29) is 11.9 Å². The number of nitrogens with zero attached hydrogens (tertiary/aromatic N) is 3. The van der Waals surface area contributed by atoms with E-state index in [2.05, 4.69) is 25.5 Å².